The number of benzene rings is 3. The molecule has 0 spiro atoms. The molecule has 15 heteroatoms. The zero-order valence-corrected chi connectivity index (χ0v) is 40.2. The number of aromatic nitrogens is 4. The van der Waals surface area contributed by atoms with E-state index in [9.17, 15) is 19.2 Å². The average Bonchev–Trinajstić information content (AvgIpc) is 4.12. The van der Waals surface area contributed by atoms with Crippen LogP contribution in [0.5, 0.6) is 0 Å². The topological polar surface area (TPSA) is 192 Å². The molecule has 3 saturated heterocycles. The van der Waals surface area contributed by atoms with Crippen LogP contribution in [-0.2, 0) is 24.5 Å². The van der Waals surface area contributed by atoms with Crippen LogP contribution in [0.4, 0.5) is 15.3 Å². The van der Waals surface area contributed by atoms with E-state index in [0.29, 0.717) is 13.1 Å². The van der Waals surface area contributed by atoms with Crippen molar-refractivity contribution in [2.24, 2.45) is 17.6 Å². The molecule has 2 aromatic heterocycles. The van der Waals surface area contributed by atoms with Crippen molar-refractivity contribution in [3.8, 4) is 0 Å². The summed E-state index contributed by atoms with van der Waals surface area (Å²) in [5, 5.41) is 2.75. The Balaban J connectivity index is 1.12. The number of nitrogens with zero attached hydrogens (tertiary/aromatic N) is 5. The molecule has 5 heterocycles. The van der Waals surface area contributed by atoms with Crippen molar-refractivity contribution >= 4 is 51.8 Å². The van der Waals surface area contributed by atoms with Gasteiger partial charge in [0, 0.05) is 18.8 Å². The third-order valence-electron chi connectivity index (χ3n) is 14.0. The van der Waals surface area contributed by atoms with Gasteiger partial charge in [0.15, 0.2) is 6.10 Å². The molecule has 0 aliphatic carbocycles. The number of imidazole rings is 2. The first-order chi connectivity index (χ1) is 31.3. The zero-order chi connectivity index (χ0) is 47.4. The predicted molar refractivity (Wildman–Crippen MR) is 255 cm³/mol. The highest BCUT2D eigenvalue weighted by atomic mass is 16.6. The smallest absolute Gasteiger partial charge is 0.407 e. The van der Waals surface area contributed by atoms with E-state index in [1.165, 1.54) is 40.6 Å². The number of methoxy groups -OCH3 is 1. The first kappa shape index (κ1) is 46.4. The van der Waals surface area contributed by atoms with Crippen molar-refractivity contribution in [1.82, 2.24) is 35.1 Å². The SMILES string of the molecule is COC(=O)N[C@H](C(=O)N1CCC[C@H]1c1nc2cc([C@H]3CC[C@H](c4ccc5nc([C@@H]6CCCN6C(=O)[C@@H](OC(N)=O)C(C)C)[nH]c5c4)N3c3c(C)cc(C(C)(C)C)cc3C)ccc2[nH]1)C(C)C. The molecule has 0 unspecified atom stereocenters. The molecular weight excluding hydrogens is 835 g/mol. The third kappa shape index (κ3) is 8.92. The monoisotopic (exact) mass is 902 g/mol. The van der Waals surface area contributed by atoms with Gasteiger partial charge in [-0.3, -0.25) is 9.59 Å². The number of H-pyrrole nitrogens is 2. The number of fused-ring (bicyclic) bond motifs is 2. The fourth-order valence-corrected chi connectivity index (χ4v) is 10.7. The number of hydrogen-bond donors (Lipinski definition) is 4. The summed E-state index contributed by atoms with van der Waals surface area (Å²) in [6, 6.07) is 16.6. The first-order valence-electron chi connectivity index (χ1n) is 23.6. The van der Waals surface area contributed by atoms with Gasteiger partial charge in [-0.1, -0.05) is 72.7 Å². The largest absolute Gasteiger partial charge is 0.453 e. The summed E-state index contributed by atoms with van der Waals surface area (Å²) >= 11 is 0. The summed E-state index contributed by atoms with van der Waals surface area (Å²) in [5.41, 5.74) is 16.1. The molecule has 5 N–H and O–H groups in total. The number of alkyl carbamates (subject to hydrolysis) is 1. The number of hydrogen-bond acceptors (Lipinski definition) is 9. The van der Waals surface area contributed by atoms with Crippen molar-refractivity contribution in [3.05, 3.63) is 88.0 Å². The van der Waals surface area contributed by atoms with Crippen molar-refractivity contribution in [1.29, 1.82) is 0 Å². The van der Waals surface area contributed by atoms with Gasteiger partial charge in [0.1, 0.15) is 17.7 Å². The standard InChI is InChI=1S/C51H67N9O6/c1-27(2)42(57-50(64)65-10)47(61)58-21-11-13-40(58)45-53-34-17-15-31(25-36(34)55-45)38-19-20-39(60(38)43-29(5)23-33(24-30(43)6)51(7,8)9)32-16-18-35-37(26-32)56-46(54-35)41-14-12-22-59(41)48(62)44(28(3)4)66-49(52)63/h15-18,23-28,38-42,44H,11-14,19-22H2,1-10H3,(H2,52,63)(H,53,55)(H,54,56)(H,57,64)/t38-,39-,40+,41+,42+,44+/m1/s1. The van der Waals surface area contributed by atoms with Gasteiger partial charge in [-0.25, -0.2) is 19.6 Å². The summed E-state index contributed by atoms with van der Waals surface area (Å²) in [5.74, 6) is 0.709. The third-order valence-corrected chi connectivity index (χ3v) is 14.0. The second-order valence-electron chi connectivity index (χ2n) is 20.4. The van der Waals surface area contributed by atoms with Crippen molar-refractivity contribution in [2.45, 2.75) is 143 Å². The van der Waals surface area contributed by atoms with Crippen LogP contribution in [0.25, 0.3) is 22.1 Å². The summed E-state index contributed by atoms with van der Waals surface area (Å²) < 4.78 is 10.1. The van der Waals surface area contributed by atoms with Gasteiger partial charge in [-0.05, 0) is 122 Å². The Hall–Kier alpha value is -6.12. The average molecular weight is 902 g/mol. The maximum atomic E-state index is 13.9. The lowest BCUT2D eigenvalue weighted by molar-refractivity contribution is -0.143. The Morgan fingerprint density at radius 3 is 1.85 bits per heavy atom. The second-order valence-corrected chi connectivity index (χ2v) is 20.4. The van der Waals surface area contributed by atoms with E-state index in [1.807, 2.05) is 32.6 Å². The van der Waals surface area contributed by atoms with Crippen LogP contribution >= 0.6 is 0 Å². The number of carbonyl (C=O) groups is 4. The molecule has 0 saturated carbocycles. The number of anilines is 1. The Morgan fingerprint density at radius 2 is 1.29 bits per heavy atom. The van der Waals surface area contributed by atoms with Crippen LogP contribution in [-0.4, -0.2) is 86.1 Å². The van der Waals surface area contributed by atoms with E-state index < -0.39 is 24.3 Å². The number of nitrogens with one attached hydrogen (secondary N) is 3. The number of ether oxygens (including phenoxy) is 2. The Labute approximate surface area is 387 Å². The minimum Gasteiger partial charge on any atom is -0.453 e. The van der Waals surface area contributed by atoms with Crippen molar-refractivity contribution in [2.75, 3.05) is 25.1 Å². The molecule has 352 valence electrons. The Bertz CT molecular complexity index is 2620. The molecule has 0 bridgehead atoms. The van der Waals surface area contributed by atoms with Gasteiger partial charge < -0.3 is 45.2 Å². The van der Waals surface area contributed by atoms with E-state index in [2.05, 4.69) is 103 Å². The lowest BCUT2D eigenvalue weighted by atomic mass is 9.84. The minimum absolute atomic E-state index is 0.0128. The highest BCUT2D eigenvalue weighted by Gasteiger charge is 2.41. The maximum Gasteiger partial charge on any atom is 0.407 e. The number of nitrogens with two attached hydrogens (primary N) is 1. The normalized spacial score (nSPS) is 21.1. The molecule has 5 aromatic rings. The van der Waals surface area contributed by atoms with Gasteiger partial charge in [0.2, 0.25) is 5.91 Å². The van der Waals surface area contributed by atoms with Gasteiger partial charge >= 0.3 is 12.2 Å². The lowest BCUT2D eigenvalue weighted by Crippen LogP contribution is -2.51. The quantitative estimate of drug-likeness (QED) is 0.100. The Morgan fingerprint density at radius 1 is 0.727 bits per heavy atom. The molecule has 4 amide bonds. The van der Waals surface area contributed by atoms with Gasteiger partial charge in [0.25, 0.3) is 5.91 Å². The predicted octanol–water partition coefficient (Wildman–Crippen LogP) is 9.26. The number of aromatic amines is 2. The minimum atomic E-state index is -0.963. The van der Waals surface area contributed by atoms with E-state index in [4.69, 9.17) is 25.2 Å². The zero-order valence-electron chi connectivity index (χ0n) is 40.2. The van der Waals surface area contributed by atoms with Crippen LogP contribution < -0.4 is 16.0 Å². The molecule has 3 aliphatic heterocycles. The van der Waals surface area contributed by atoms with E-state index in [-0.39, 0.29) is 53.2 Å². The number of rotatable bonds is 11. The molecular formula is C51H67N9O6. The van der Waals surface area contributed by atoms with Crippen molar-refractivity contribution < 1.29 is 28.7 Å². The van der Waals surface area contributed by atoms with E-state index >= 15 is 0 Å². The maximum absolute atomic E-state index is 13.9. The summed E-state index contributed by atoms with van der Waals surface area (Å²) in [6.07, 6.45) is 2.44. The van der Waals surface area contributed by atoms with Crippen LogP contribution in [0.1, 0.15) is 151 Å². The molecule has 3 aliphatic rings. The fraction of sp³-hybridized carbons (Fsp3) is 0.529. The number of carbonyl (C=O) groups excluding carboxylic acids is 4. The molecule has 3 aromatic carbocycles. The molecule has 8 rings (SSSR count). The Kier molecular flexibility index (Phi) is 12.9. The molecule has 66 heavy (non-hydrogen) atoms. The number of likely N-dealkylation sites (tertiary alicyclic amines) is 2. The number of aryl methyl sites for hydroxylation is 2. The fourth-order valence-electron chi connectivity index (χ4n) is 10.7. The van der Waals surface area contributed by atoms with Gasteiger partial charge in [-0.15, -0.1) is 0 Å². The number of primary amides is 1. The molecule has 15 nitrogen and oxygen atoms in total. The van der Waals surface area contributed by atoms with Gasteiger partial charge in [0.05, 0.1) is 53.3 Å². The molecule has 0 radical (unpaired) electrons. The lowest BCUT2D eigenvalue weighted by Gasteiger charge is -2.36. The highest BCUT2D eigenvalue weighted by molar-refractivity contribution is 5.87. The molecule has 3 fully saturated rings. The van der Waals surface area contributed by atoms with Crippen LogP contribution in [0.3, 0.4) is 0 Å². The number of amides is 4. The highest BCUT2D eigenvalue weighted by Crippen LogP contribution is 2.50. The van der Waals surface area contributed by atoms with Crippen LogP contribution in [0, 0.1) is 25.7 Å². The second kappa shape index (κ2) is 18.3. The van der Waals surface area contributed by atoms with E-state index in [0.717, 1.165) is 72.2 Å². The first-order valence-corrected chi connectivity index (χ1v) is 23.6. The summed E-state index contributed by atoms with van der Waals surface area (Å²) in [7, 11) is 1.30. The van der Waals surface area contributed by atoms with Crippen molar-refractivity contribution in [3.63, 3.8) is 0 Å². The molecule has 6 atom stereocenters. The summed E-state index contributed by atoms with van der Waals surface area (Å²) in [4.78, 5) is 75.2. The van der Waals surface area contributed by atoms with E-state index in [1.54, 1.807) is 4.90 Å². The van der Waals surface area contributed by atoms with Crippen LogP contribution in [0.15, 0.2) is 48.5 Å². The summed E-state index contributed by atoms with van der Waals surface area (Å²) in [6.45, 7) is 19.9. The van der Waals surface area contributed by atoms with Crippen LogP contribution in [0.2, 0.25) is 0 Å². The van der Waals surface area contributed by atoms with Gasteiger partial charge in [-0.2, -0.15) is 0 Å².